The second-order valence-electron chi connectivity index (χ2n) is 7.60. The molecule has 0 saturated heterocycles. The molecule has 0 aliphatic heterocycles. The van der Waals surface area contributed by atoms with Crippen LogP contribution in [0.25, 0.3) is 0 Å². The summed E-state index contributed by atoms with van der Waals surface area (Å²) < 4.78 is 33.2. The van der Waals surface area contributed by atoms with Gasteiger partial charge in [0.1, 0.15) is 13.6 Å². The lowest BCUT2D eigenvalue weighted by atomic mass is 9.93. The molecule has 170 valence electrons. The molecule has 0 saturated carbocycles. The van der Waals surface area contributed by atoms with Gasteiger partial charge >= 0.3 is 0 Å². The Bertz CT molecular complexity index is 1290. The summed E-state index contributed by atoms with van der Waals surface area (Å²) in [6, 6.07) is 16.7. The van der Waals surface area contributed by atoms with Gasteiger partial charge in [-0.2, -0.15) is 0 Å². The van der Waals surface area contributed by atoms with Crippen molar-refractivity contribution in [2.45, 2.75) is 18.7 Å². The highest BCUT2D eigenvalue weighted by atomic mass is 32.2. The Hall–Kier alpha value is -3.37. The second-order valence-corrected chi connectivity index (χ2v) is 9.69. The number of sulfonamides is 1. The Balaban J connectivity index is 1.64. The molecule has 7 nitrogen and oxygen atoms in total. The molecular weight excluding hydrogens is 457 g/mol. The third kappa shape index (κ3) is 6.33. The molecule has 3 rings (SSSR count). The van der Waals surface area contributed by atoms with Crippen molar-refractivity contribution in [2.24, 2.45) is 0 Å². The number of amides is 1. The maximum Gasteiger partial charge on any atom is 0.261 e. The van der Waals surface area contributed by atoms with Crippen molar-refractivity contribution >= 4 is 57.9 Å². The zero-order valence-electron chi connectivity index (χ0n) is 18.7. The second kappa shape index (κ2) is 10.1. The molecule has 0 heterocycles. The van der Waals surface area contributed by atoms with Gasteiger partial charge in [0.05, 0.1) is 12.0 Å². The Morgan fingerprint density at radius 3 is 2.15 bits per heavy atom. The van der Waals surface area contributed by atoms with E-state index in [2.05, 4.69) is 15.4 Å². The smallest absolute Gasteiger partial charge is 0.261 e. The summed E-state index contributed by atoms with van der Waals surface area (Å²) in [5.41, 5.74) is 4.25. The number of carbonyl (C=O) groups excluding carboxylic acids is 1. The summed E-state index contributed by atoms with van der Waals surface area (Å²) in [5, 5.41) is 5.58. The van der Waals surface area contributed by atoms with Crippen LogP contribution in [-0.2, 0) is 10.0 Å². The fourth-order valence-electron chi connectivity index (χ4n) is 3.32. The van der Waals surface area contributed by atoms with E-state index in [1.807, 2.05) is 27.8 Å². The molecule has 0 radical (unpaired) electrons. The van der Waals surface area contributed by atoms with Gasteiger partial charge in [-0.25, -0.2) is 8.42 Å². The summed E-state index contributed by atoms with van der Waals surface area (Å²) in [5.74, 6) is 0.324. The number of carbonyl (C=O) groups is 1. The molecule has 3 aromatic rings. The minimum absolute atomic E-state index is 0.0949. The van der Waals surface area contributed by atoms with E-state index >= 15 is 0 Å². The van der Waals surface area contributed by atoms with Crippen LogP contribution in [0.4, 0.5) is 11.4 Å². The van der Waals surface area contributed by atoms with Crippen molar-refractivity contribution in [1.29, 1.82) is 0 Å². The average molecular weight is 481 g/mol. The van der Waals surface area contributed by atoms with Gasteiger partial charge in [-0.1, -0.05) is 12.1 Å². The van der Waals surface area contributed by atoms with Crippen molar-refractivity contribution in [2.75, 3.05) is 17.1 Å². The number of hydrogen-bond acceptors (Lipinski definition) is 5. The summed E-state index contributed by atoms with van der Waals surface area (Å²) in [4.78, 5) is 12.5. The molecule has 0 aliphatic rings. The van der Waals surface area contributed by atoms with E-state index in [0.29, 0.717) is 22.7 Å². The molecule has 0 aromatic heterocycles. The maximum atomic E-state index is 12.7. The predicted octanol–water partition coefficient (Wildman–Crippen LogP) is 2.50. The van der Waals surface area contributed by atoms with Crippen molar-refractivity contribution in [3.05, 3.63) is 77.4 Å². The number of anilines is 2. The average Bonchev–Trinajstić information content (AvgIpc) is 2.72. The van der Waals surface area contributed by atoms with Crippen molar-refractivity contribution < 1.29 is 17.9 Å². The maximum absolute atomic E-state index is 12.7. The van der Waals surface area contributed by atoms with Crippen LogP contribution in [0.2, 0.25) is 0 Å². The van der Waals surface area contributed by atoms with E-state index in [1.54, 1.807) is 49.6 Å². The topological polar surface area (TPSA) is 96.5 Å². The molecule has 0 unspecified atom stereocenters. The van der Waals surface area contributed by atoms with Gasteiger partial charge in [0.25, 0.3) is 15.9 Å². The number of aryl methyl sites for hydroxylation is 2. The van der Waals surface area contributed by atoms with E-state index in [-0.39, 0.29) is 15.9 Å². The van der Waals surface area contributed by atoms with Gasteiger partial charge in [0.15, 0.2) is 5.11 Å². The molecule has 0 spiro atoms. The normalized spacial score (nSPS) is 10.9. The van der Waals surface area contributed by atoms with Crippen LogP contribution in [0, 0.1) is 13.8 Å². The first-order valence-electron chi connectivity index (χ1n) is 10.1. The molecule has 0 bridgehead atoms. The highest BCUT2D eigenvalue weighted by Crippen LogP contribution is 2.20. The van der Waals surface area contributed by atoms with Gasteiger partial charge in [-0.05, 0) is 91.2 Å². The monoisotopic (exact) mass is 481 g/mol. The zero-order valence-corrected chi connectivity index (χ0v) is 20.4. The molecule has 3 N–H and O–H groups in total. The van der Waals surface area contributed by atoms with Crippen molar-refractivity contribution in [1.82, 2.24) is 5.32 Å². The standard InChI is InChI=1S/C23H24BN3O4S2/c1-14-10-15(2)12-18(11-14)27-33(29,30)19-7-5-17(6-8-19)25-23(32)26-22(28)16-4-9-21(31-3)20(24)13-16/h4-13,27H,24H2,1-3H3,(H2,25,26,28,32). The number of rotatable bonds is 6. The van der Waals surface area contributed by atoms with Gasteiger partial charge < -0.3 is 10.1 Å². The van der Waals surface area contributed by atoms with Crippen LogP contribution >= 0.6 is 12.2 Å². The lowest BCUT2D eigenvalue weighted by molar-refractivity contribution is 0.0978. The number of benzene rings is 3. The van der Waals surface area contributed by atoms with Crippen LogP contribution in [-0.4, -0.2) is 34.4 Å². The first-order valence-corrected chi connectivity index (χ1v) is 11.9. The summed E-state index contributed by atoms with van der Waals surface area (Å²) in [6.07, 6.45) is 0. The fraction of sp³-hybridized carbons (Fsp3) is 0.130. The van der Waals surface area contributed by atoms with Crippen LogP contribution in [0.5, 0.6) is 5.75 Å². The Kier molecular flexibility index (Phi) is 7.40. The predicted molar refractivity (Wildman–Crippen MR) is 138 cm³/mol. The number of ether oxygens (including phenoxy) is 1. The van der Waals surface area contributed by atoms with E-state index < -0.39 is 10.0 Å². The fourth-order valence-corrected chi connectivity index (χ4v) is 4.57. The molecule has 33 heavy (non-hydrogen) atoms. The zero-order chi connectivity index (χ0) is 24.2. The molecule has 0 aliphatic carbocycles. The first-order chi connectivity index (χ1) is 15.6. The number of methoxy groups -OCH3 is 1. The number of hydrogen-bond donors (Lipinski definition) is 3. The SMILES string of the molecule is Bc1cc(C(=O)NC(=S)Nc2ccc(S(=O)(=O)Nc3cc(C)cc(C)c3)cc2)ccc1OC. The van der Waals surface area contributed by atoms with Gasteiger partial charge in [-0.15, -0.1) is 0 Å². The quantitative estimate of drug-likeness (QED) is 0.370. The van der Waals surface area contributed by atoms with Crippen LogP contribution in [0.1, 0.15) is 21.5 Å². The Morgan fingerprint density at radius 1 is 0.939 bits per heavy atom. The van der Waals surface area contributed by atoms with Gasteiger partial charge in [0, 0.05) is 16.9 Å². The van der Waals surface area contributed by atoms with Crippen LogP contribution in [0.15, 0.2) is 65.6 Å². The van der Waals surface area contributed by atoms with E-state index in [1.165, 1.54) is 12.1 Å². The highest BCUT2D eigenvalue weighted by Gasteiger charge is 2.15. The molecule has 10 heteroatoms. The molecule has 1 amide bonds. The van der Waals surface area contributed by atoms with Gasteiger partial charge in [0.2, 0.25) is 0 Å². The first kappa shape index (κ1) is 24.3. The largest absolute Gasteiger partial charge is 0.497 e. The Labute approximate surface area is 200 Å². The van der Waals surface area contributed by atoms with Crippen LogP contribution in [0.3, 0.4) is 0 Å². The van der Waals surface area contributed by atoms with E-state index in [4.69, 9.17) is 17.0 Å². The summed E-state index contributed by atoms with van der Waals surface area (Å²) in [7, 11) is -0.337. The molecule has 0 atom stereocenters. The Morgan fingerprint density at radius 2 is 1.58 bits per heavy atom. The minimum Gasteiger partial charge on any atom is -0.497 e. The molecule has 3 aromatic carbocycles. The van der Waals surface area contributed by atoms with Crippen molar-refractivity contribution in [3.8, 4) is 5.75 Å². The van der Waals surface area contributed by atoms with Gasteiger partial charge in [-0.3, -0.25) is 14.8 Å². The highest BCUT2D eigenvalue weighted by molar-refractivity contribution is 7.92. The summed E-state index contributed by atoms with van der Waals surface area (Å²) in [6.45, 7) is 3.81. The number of thiocarbonyl (C=S) groups is 1. The van der Waals surface area contributed by atoms with E-state index in [9.17, 15) is 13.2 Å². The third-order valence-electron chi connectivity index (χ3n) is 4.78. The molecular formula is C23H24BN3O4S2. The molecule has 0 fully saturated rings. The lowest BCUT2D eigenvalue weighted by Gasteiger charge is -2.12. The summed E-state index contributed by atoms with van der Waals surface area (Å²) >= 11 is 5.21. The van der Waals surface area contributed by atoms with E-state index in [0.717, 1.165) is 16.6 Å². The minimum atomic E-state index is -3.75. The number of nitrogens with one attached hydrogen (secondary N) is 3. The van der Waals surface area contributed by atoms with Crippen LogP contribution < -0.4 is 25.6 Å². The third-order valence-corrected chi connectivity index (χ3v) is 6.38. The van der Waals surface area contributed by atoms with Crippen molar-refractivity contribution in [3.63, 3.8) is 0 Å². The lowest BCUT2D eigenvalue weighted by Crippen LogP contribution is -2.34.